The number of pyridine rings is 1. The smallest absolute Gasteiger partial charge is 0.326 e. The number of fused-ring (bicyclic) bond motifs is 2. The van der Waals surface area contributed by atoms with E-state index in [-0.39, 0.29) is 30.7 Å². The highest BCUT2D eigenvalue weighted by Crippen LogP contribution is 2.35. The molecule has 2 amide bonds. The van der Waals surface area contributed by atoms with E-state index in [0.717, 1.165) is 51.0 Å². The fourth-order valence-electron chi connectivity index (χ4n) is 5.07. The molecule has 0 spiro atoms. The molecule has 2 fully saturated rings. The van der Waals surface area contributed by atoms with Crippen LogP contribution in [0.15, 0.2) is 42.6 Å². The van der Waals surface area contributed by atoms with Gasteiger partial charge in [0.25, 0.3) is 5.91 Å². The van der Waals surface area contributed by atoms with Crippen LogP contribution in [-0.4, -0.2) is 69.9 Å². The second kappa shape index (κ2) is 9.44. The number of hydrogen-bond donors (Lipinski definition) is 3. The molecule has 1 aliphatic heterocycles. The van der Waals surface area contributed by atoms with Crippen molar-refractivity contribution in [2.75, 3.05) is 25.6 Å². The van der Waals surface area contributed by atoms with Gasteiger partial charge in [-0.2, -0.15) is 0 Å². The number of aryl methyl sites for hydroxylation is 1. The summed E-state index contributed by atoms with van der Waals surface area (Å²) in [5, 5.41) is 17.3. The number of aliphatic hydroxyl groups is 1. The number of methoxy groups -OCH3 is 1. The lowest BCUT2D eigenvalue weighted by molar-refractivity contribution is 0.0652. The molecule has 1 saturated heterocycles. The van der Waals surface area contributed by atoms with Crippen LogP contribution in [0.2, 0.25) is 0 Å². The molecule has 0 radical (unpaired) electrons. The summed E-state index contributed by atoms with van der Waals surface area (Å²) < 4.78 is 8.04. The van der Waals surface area contributed by atoms with Crippen molar-refractivity contribution < 1.29 is 19.4 Å². The molecular weight excluding hydrogens is 490 g/mol. The molecule has 10 heteroatoms. The Balaban J connectivity index is 1.27. The molecule has 3 N–H and O–H groups in total. The van der Waals surface area contributed by atoms with Crippen molar-refractivity contribution in [2.45, 2.75) is 44.4 Å². The Bertz CT molecular complexity index is 1510. The molecule has 2 atom stereocenters. The van der Waals surface area contributed by atoms with Crippen LogP contribution < -0.4 is 10.6 Å². The number of carbonyl (C=O) groups excluding carboxylic acids is 2. The van der Waals surface area contributed by atoms with Crippen LogP contribution in [0.1, 0.15) is 34.6 Å². The third kappa shape index (κ3) is 4.45. The fraction of sp³-hybridized carbons (Fsp3) is 0.370. The Kier molecular flexibility index (Phi) is 6.10. The summed E-state index contributed by atoms with van der Waals surface area (Å²) in [6.07, 6.45) is 4.37. The molecule has 3 aromatic heterocycles. The van der Waals surface area contributed by atoms with Gasteiger partial charge in [-0.05, 0) is 62.6 Å². The van der Waals surface area contributed by atoms with E-state index in [4.69, 9.17) is 4.74 Å². The van der Waals surface area contributed by atoms with Gasteiger partial charge in [-0.15, -0.1) is 11.3 Å². The first-order chi connectivity index (χ1) is 17.9. The number of likely N-dealkylation sites (tertiary alicyclic amines) is 1. The second-order valence-corrected chi connectivity index (χ2v) is 10.9. The standard InChI is InChI=1S/C27H29N5O4S/c1-15-9-16-10-18(5-6-23(16)32(15)27(35)30-17-3-4-17)29-21-7-8-28-22-12-24(37-25(21)22)26(34)31-13-20(36-2)11-19(31)14-33/h5-10,12,17,19-20,33H,3-4,11,13-14H2,1-2H3,(H,28,29)(H,30,35)/t19-,20?/m0/s1. The Morgan fingerprint density at radius 3 is 2.81 bits per heavy atom. The molecular formula is C27H29N5O4S. The van der Waals surface area contributed by atoms with E-state index in [1.165, 1.54) is 11.3 Å². The van der Waals surface area contributed by atoms with Gasteiger partial charge in [0.2, 0.25) is 0 Å². The second-order valence-electron chi connectivity index (χ2n) is 9.81. The molecule has 4 heterocycles. The molecule has 1 saturated carbocycles. The van der Waals surface area contributed by atoms with Gasteiger partial charge >= 0.3 is 6.03 Å². The topological polar surface area (TPSA) is 109 Å². The van der Waals surface area contributed by atoms with E-state index >= 15 is 0 Å². The number of anilines is 2. The molecule has 9 nitrogen and oxygen atoms in total. The van der Waals surface area contributed by atoms with Gasteiger partial charge in [-0.1, -0.05) is 0 Å². The van der Waals surface area contributed by atoms with E-state index in [9.17, 15) is 14.7 Å². The van der Waals surface area contributed by atoms with Gasteiger partial charge in [0.15, 0.2) is 0 Å². The zero-order valence-electron chi connectivity index (χ0n) is 20.7. The number of hydrogen-bond acceptors (Lipinski definition) is 7. The minimum absolute atomic E-state index is 0.0703. The predicted molar refractivity (Wildman–Crippen MR) is 144 cm³/mol. The van der Waals surface area contributed by atoms with Crippen molar-refractivity contribution in [3.05, 3.63) is 53.2 Å². The number of aliphatic hydroxyl groups excluding tert-OH is 1. The zero-order valence-corrected chi connectivity index (χ0v) is 21.5. The quantitative estimate of drug-likeness (QED) is 0.352. The van der Waals surface area contributed by atoms with Gasteiger partial charge < -0.3 is 25.4 Å². The van der Waals surface area contributed by atoms with Crippen LogP contribution in [0.5, 0.6) is 0 Å². The minimum Gasteiger partial charge on any atom is -0.394 e. The number of rotatable bonds is 6. The number of benzene rings is 1. The first-order valence-corrected chi connectivity index (χ1v) is 13.3. The van der Waals surface area contributed by atoms with Crippen LogP contribution in [-0.2, 0) is 4.74 Å². The summed E-state index contributed by atoms with van der Waals surface area (Å²) in [7, 11) is 1.63. The summed E-state index contributed by atoms with van der Waals surface area (Å²) in [5.41, 5.74) is 4.22. The van der Waals surface area contributed by atoms with Crippen molar-refractivity contribution in [1.82, 2.24) is 19.8 Å². The summed E-state index contributed by atoms with van der Waals surface area (Å²) >= 11 is 1.39. The zero-order chi connectivity index (χ0) is 25.7. The van der Waals surface area contributed by atoms with Gasteiger partial charge in [-0.3, -0.25) is 14.3 Å². The largest absolute Gasteiger partial charge is 0.394 e. The summed E-state index contributed by atoms with van der Waals surface area (Å²) in [4.78, 5) is 32.8. The maximum absolute atomic E-state index is 13.3. The number of amides is 2. The Hall–Kier alpha value is -3.47. The highest BCUT2D eigenvalue weighted by atomic mass is 32.1. The van der Waals surface area contributed by atoms with Crippen molar-refractivity contribution in [3.63, 3.8) is 0 Å². The Morgan fingerprint density at radius 1 is 1.22 bits per heavy atom. The molecule has 0 bridgehead atoms. The Labute approximate surface area is 218 Å². The lowest BCUT2D eigenvalue weighted by atomic mass is 10.2. The summed E-state index contributed by atoms with van der Waals surface area (Å²) in [6, 6.07) is 11.6. The maximum Gasteiger partial charge on any atom is 0.326 e. The lowest BCUT2D eigenvalue weighted by Gasteiger charge is -2.21. The molecule has 37 heavy (non-hydrogen) atoms. The van der Waals surface area contributed by atoms with Crippen molar-refractivity contribution in [1.29, 1.82) is 0 Å². The van der Waals surface area contributed by atoms with Crippen molar-refractivity contribution in [3.8, 4) is 0 Å². The first kappa shape index (κ1) is 23.9. The minimum atomic E-state index is -0.248. The van der Waals surface area contributed by atoms with Gasteiger partial charge in [0.1, 0.15) is 0 Å². The summed E-state index contributed by atoms with van der Waals surface area (Å²) in [5.74, 6) is -0.116. The van der Waals surface area contributed by atoms with Crippen molar-refractivity contribution in [2.24, 2.45) is 0 Å². The van der Waals surface area contributed by atoms with Gasteiger partial charge in [0, 0.05) is 42.7 Å². The number of nitrogens with zero attached hydrogens (tertiary/aromatic N) is 3. The normalized spacial score (nSPS) is 19.6. The SMILES string of the molecule is COC1C[C@@H](CO)N(C(=O)c2cc3nccc(Nc4ccc5c(c4)cc(C)n5C(=O)NC4CC4)c3s2)C1. The molecule has 2 aliphatic rings. The first-order valence-electron chi connectivity index (χ1n) is 12.5. The fourth-order valence-corrected chi connectivity index (χ4v) is 6.11. The molecule has 1 aromatic carbocycles. The van der Waals surface area contributed by atoms with Crippen LogP contribution in [0.3, 0.4) is 0 Å². The molecule has 1 aliphatic carbocycles. The van der Waals surface area contributed by atoms with Crippen LogP contribution in [0.4, 0.5) is 16.2 Å². The van der Waals surface area contributed by atoms with E-state index in [1.807, 2.05) is 43.3 Å². The van der Waals surface area contributed by atoms with Crippen LogP contribution in [0.25, 0.3) is 21.1 Å². The number of thiophene rings is 1. The number of carbonyl (C=O) groups is 2. The van der Waals surface area contributed by atoms with Gasteiger partial charge in [0.05, 0.1) is 45.1 Å². The molecule has 6 rings (SSSR count). The number of nitrogens with one attached hydrogen (secondary N) is 2. The molecule has 4 aromatic rings. The van der Waals surface area contributed by atoms with E-state index < -0.39 is 0 Å². The summed E-state index contributed by atoms with van der Waals surface area (Å²) in [6.45, 7) is 2.31. The predicted octanol–water partition coefficient (Wildman–Crippen LogP) is 4.24. The maximum atomic E-state index is 13.3. The molecule has 1 unspecified atom stereocenters. The average molecular weight is 520 g/mol. The third-order valence-electron chi connectivity index (χ3n) is 7.18. The lowest BCUT2D eigenvalue weighted by Crippen LogP contribution is -2.37. The average Bonchev–Trinajstić information content (AvgIpc) is 3.30. The van der Waals surface area contributed by atoms with Crippen LogP contribution >= 0.6 is 11.3 Å². The van der Waals surface area contributed by atoms with E-state index in [0.29, 0.717) is 23.9 Å². The molecule has 192 valence electrons. The highest BCUT2D eigenvalue weighted by Gasteiger charge is 2.36. The third-order valence-corrected chi connectivity index (χ3v) is 8.32. The van der Waals surface area contributed by atoms with Crippen molar-refractivity contribution >= 4 is 55.8 Å². The number of aromatic nitrogens is 2. The number of ether oxygens (including phenoxy) is 1. The highest BCUT2D eigenvalue weighted by molar-refractivity contribution is 7.21. The monoisotopic (exact) mass is 519 g/mol. The van der Waals surface area contributed by atoms with E-state index in [1.54, 1.807) is 22.8 Å². The van der Waals surface area contributed by atoms with Crippen LogP contribution in [0, 0.1) is 6.92 Å². The van der Waals surface area contributed by atoms with E-state index in [2.05, 4.69) is 15.6 Å². The van der Waals surface area contributed by atoms with Gasteiger partial charge in [-0.25, -0.2) is 4.79 Å². The Morgan fingerprint density at radius 2 is 2.05 bits per heavy atom.